The summed E-state index contributed by atoms with van der Waals surface area (Å²) in [6.07, 6.45) is 6.31. The van der Waals surface area contributed by atoms with Crippen LogP contribution in [0.1, 0.15) is 32.6 Å². The van der Waals surface area contributed by atoms with Crippen LogP contribution >= 0.6 is 0 Å². The van der Waals surface area contributed by atoms with Gasteiger partial charge in [0.05, 0.1) is 12.8 Å². The second-order valence-corrected chi connectivity index (χ2v) is 5.94. The second kappa shape index (κ2) is 7.43. The molecule has 1 saturated carbocycles. The molecule has 8 heteroatoms. The maximum Gasteiger partial charge on any atom is 0.409 e. The Hall–Kier alpha value is -2.12. The molecule has 2 fully saturated rings. The number of anilines is 2. The van der Waals surface area contributed by atoms with Gasteiger partial charge in [0.2, 0.25) is 5.95 Å². The van der Waals surface area contributed by atoms with Crippen molar-refractivity contribution in [2.45, 2.75) is 38.6 Å². The lowest BCUT2D eigenvalue weighted by molar-refractivity contribution is 0.105. The van der Waals surface area contributed by atoms with Crippen molar-refractivity contribution in [2.24, 2.45) is 0 Å². The van der Waals surface area contributed by atoms with Crippen LogP contribution in [0.25, 0.3) is 0 Å². The Morgan fingerprint density at radius 3 is 2.74 bits per heavy atom. The fraction of sp³-hybridized carbons (Fsp3) is 0.733. The molecule has 126 valence electrons. The predicted octanol–water partition coefficient (Wildman–Crippen LogP) is 1.50. The van der Waals surface area contributed by atoms with Crippen molar-refractivity contribution in [1.29, 1.82) is 0 Å². The molecular formula is C15H24N6O2. The monoisotopic (exact) mass is 320 g/mol. The van der Waals surface area contributed by atoms with Crippen LogP contribution in [-0.2, 0) is 4.74 Å². The molecule has 1 aliphatic carbocycles. The standard InChI is InChI=1S/C15H24N6O2/c1-2-23-15(22)21-9-7-20(8-10-21)13-11-16-19-14(18-13)17-12-5-3-4-6-12/h11-12H,2-10H2,1H3,(H,17,18,19). The lowest BCUT2D eigenvalue weighted by Gasteiger charge is -2.34. The number of nitrogens with one attached hydrogen (secondary N) is 1. The number of carbonyl (C=O) groups is 1. The molecule has 2 aliphatic rings. The molecule has 0 atom stereocenters. The fourth-order valence-electron chi connectivity index (χ4n) is 3.09. The fourth-order valence-corrected chi connectivity index (χ4v) is 3.09. The van der Waals surface area contributed by atoms with E-state index in [0.29, 0.717) is 31.7 Å². The van der Waals surface area contributed by atoms with E-state index in [1.54, 1.807) is 11.1 Å². The number of rotatable bonds is 4. The Balaban J connectivity index is 1.56. The van der Waals surface area contributed by atoms with E-state index in [9.17, 15) is 4.79 Å². The first kappa shape index (κ1) is 15.8. The Labute approximate surface area is 136 Å². The summed E-state index contributed by atoms with van der Waals surface area (Å²) in [5.41, 5.74) is 0. The van der Waals surface area contributed by atoms with E-state index in [1.165, 1.54) is 25.7 Å². The zero-order valence-corrected chi connectivity index (χ0v) is 13.6. The van der Waals surface area contributed by atoms with Gasteiger partial charge >= 0.3 is 6.09 Å². The summed E-state index contributed by atoms with van der Waals surface area (Å²) in [4.78, 5) is 20.2. The van der Waals surface area contributed by atoms with Crippen LogP contribution in [0, 0.1) is 0 Å². The largest absolute Gasteiger partial charge is 0.450 e. The van der Waals surface area contributed by atoms with Crippen LogP contribution in [0.15, 0.2) is 6.20 Å². The van der Waals surface area contributed by atoms with Crippen molar-refractivity contribution in [3.63, 3.8) is 0 Å². The van der Waals surface area contributed by atoms with Crippen molar-refractivity contribution < 1.29 is 9.53 Å². The summed E-state index contributed by atoms with van der Waals surface area (Å²) in [6.45, 7) is 4.94. The third-order valence-corrected chi connectivity index (χ3v) is 4.36. The zero-order valence-electron chi connectivity index (χ0n) is 13.6. The van der Waals surface area contributed by atoms with Crippen molar-refractivity contribution >= 4 is 17.9 Å². The molecule has 1 aliphatic heterocycles. The number of nitrogens with zero attached hydrogens (tertiary/aromatic N) is 5. The van der Waals surface area contributed by atoms with Gasteiger partial charge in [-0.15, -0.1) is 5.10 Å². The number of hydrogen-bond donors (Lipinski definition) is 1. The van der Waals surface area contributed by atoms with Crippen molar-refractivity contribution in [3.05, 3.63) is 6.20 Å². The SMILES string of the molecule is CCOC(=O)N1CCN(c2cnnc(NC3CCCC3)n2)CC1. The number of carbonyl (C=O) groups excluding carboxylic acids is 1. The molecule has 23 heavy (non-hydrogen) atoms. The van der Waals surface area contributed by atoms with E-state index in [0.717, 1.165) is 18.9 Å². The third kappa shape index (κ3) is 4.00. The smallest absolute Gasteiger partial charge is 0.409 e. The van der Waals surface area contributed by atoms with Crippen LogP contribution in [-0.4, -0.2) is 65.0 Å². The summed E-state index contributed by atoms with van der Waals surface area (Å²) in [7, 11) is 0. The van der Waals surface area contributed by atoms with Gasteiger partial charge in [0.15, 0.2) is 5.82 Å². The molecule has 2 heterocycles. The average Bonchev–Trinajstić information content (AvgIpc) is 3.08. The first-order valence-electron chi connectivity index (χ1n) is 8.39. The maximum atomic E-state index is 11.7. The molecule has 1 N–H and O–H groups in total. The average molecular weight is 320 g/mol. The first-order chi connectivity index (χ1) is 11.3. The van der Waals surface area contributed by atoms with Gasteiger partial charge in [-0.05, 0) is 19.8 Å². The van der Waals surface area contributed by atoms with E-state index in [1.807, 2.05) is 6.92 Å². The quantitative estimate of drug-likeness (QED) is 0.900. The number of piperazine rings is 1. The van der Waals surface area contributed by atoms with Gasteiger partial charge in [-0.25, -0.2) is 4.79 Å². The van der Waals surface area contributed by atoms with Crippen LogP contribution in [0.4, 0.5) is 16.6 Å². The van der Waals surface area contributed by atoms with Gasteiger partial charge in [0.25, 0.3) is 0 Å². The van der Waals surface area contributed by atoms with Crippen LogP contribution < -0.4 is 10.2 Å². The molecule has 1 amide bonds. The minimum atomic E-state index is -0.239. The minimum Gasteiger partial charge on any atom is -0.450 e. The molecule has 1 saturated heterocycles. The van der Waals surface area contributed by atoms with Gasteiger partial charge in [-0.1, -0.05) is 12.8 Å². The molecule has 8 nitrogen and oxygen atoms in total. The minimum absolute atomic E-state index is 0.239. The van der Waals surface area contributed by atoms with Crippen molar-refractivity contribution in [3.8, 4) is 0 Å². The van der Waals surface area contributed by atoms with E-state index in [4.69, 9.17) is 4.74 Å². The summed E-state index contributed by atoms with van der Waals surface area (Å²) >= 11 is 0. The molecule has 0 spiro atoms. The van der Waals surface area contributed by atoms with Gasteiger partial charge < -0.3 is 19.9 Å². The van der Waals surface area contributed by atoms with Gasteiger partial charge in [0.1, 0.15) is 0 Å². The molecular weight excluding hydrogens is 296 g/mol. The maximum absolute atomic E-state index is 11.7. The normalized spacial score (nSPS) is 19.0. The Morgan fingerprint density at radius 2 is 2.04 bits per heavy atom. The van der Waals surface area contributed by atoms with E-state index >= 15 is 0 Å². The summed E-state index contributed by atoms with van der Waals surface area (Å²) in [5, 5.41) is 11.5. The molecule has 1 aromatic heterocycles. The first-order valence-corrected chi connectivity index (χ1v) is 8.39. The highest BCUT2D eigenvalue weighted by molar-refractivity contribution is 5.68. The topological polar surface area (TPSA) is 83.5 Å². The molecule has 3 rings (SSSR count). The van der Waals surface area contributed by atoms with Crippen molar-refractivity contribution in [2.75, 3.05) is 43.0 Å². The zero-order chi connectivity index (χ0) is 16.1. The predicted molar refractivity (Wildman–Crippen MR) is 86.5 cm³/mol. The summed E-state index contributed by atoms with van der Waals surface area (Å²) in [5.74, 6) is 1.41. The number of aromatic nitrogens is 3. The van der Waals surface area contributed by atoms with Gasteiger partial charge in [-0.3, -0.25) is 0 Å². The molecule has 0 aromatic carbocycles. The summed E-state index contributed by atoms with van der Waals surface area (Å²) < 4.78 is 5.04. The van der Waals surface area contributed by atoms with Crippen LogP contribution in [0.2, 0.25) is 0 Å². The van der Waals surface area contributed by atoms with E-state index in [2.05, 4.69) is 25.4 Å². The number of amides is 1. The molecule has 1 aromatic rings. The third-order valence-electron chi connectivity index (χ3n) is 4.36. The highest BCUT2D eigenvalue weighted by Gasteiger charge is 2.23. The molecule has 0 unspecified atom stereocenters. The second-order valence-electron chi connectivity index (χ2n) is 5.94. The molecule has 0 bridgehead atoms. The van der Waals surface area contributed by atoms with Crippen LogP contribution in [0.3, 0.4) is 0 Å². The Bertz CT molecular complexity index is 526. The van der Waals surface area contributed by atoms with Gasteiger partial charge in [0, 0.05) is 32.2 Å². The highest BCUT2D eigenvalue weighted by atomic mass is 16.6. The number of ether oxygens (including phenoxy) is 1. The highest BCUT2D eigenvalue weighted by Crippen LogP contribution is 2.21. The van der Waals surface area contributed by atoms with E-state index in [-0.39, 0.29) is 6.09 Å². The van der Waals surface area contributed by atoms with Gasteiger partial charge in [-0.2, -0.15) is 10.1 Å². The lowest BCUT2D eigenvalue weighted by Crippen LogP contribution is -2.49. The Morgan fingerprint density at radius 1 is 1.30 bits per heavy atom. The summed E-state index contributed by atoms with van der Waals surface area (Å²) in [6, 6.07) is 0.465. The lowest BCUT2D eigenvalue weighted by atomic mass is 10.2. The number of hydrogen-bond acceptors (Lipinski definition) is 7. The Kier molecular flexibility index (Phi) is 5.09. The van der Waals surface area contributed by atoms with Crippen molar-refractivity contribution in [1.82, 2.24) is 20.1 Å². The molecule has 0 radical (unpaired) electrons. The van der Waals surface area contributed by atoms with Crippen LogP contribution in [0.5, 0.6) is 0 Å². The van der Waals surface area contributed by atoms with E-state index < -0.39 is 0 Å².